The lowest BCUT2D eigenvalue weighted by molar-refractivity contribution is -0.134. The van der Waals surface area contributed by atoms with Gasteiger partial charge in [0.2, 0.25) is 5.95 Å². The Hall–Kier alpha value is -3.62. The van der Waals surface area contributed by atoms with Crippen LogP contribution in [0.5, 0.6) is 0 Å². The lowest BCUT2D eigenvalue weighted by atomic mass is 10.2. The van der Waals surface area contributed by atoms with Gasteiger partial charge in [-0.2, -0.15) is 4.98 Å². The lowest BCUT2D eigenvalue weighted by Gasteiger charge is -2.11. The molecule has 0 aliphatic carbocycles. The van der Waals surface area contributed by atoms with Crippen molar-refractivity contribution < 1.29 is 18.7 Å². The molecule has 0 radical (unpaired) electrons. The Labute approximate surface area is 146 Å². The molecule has 132 valence electrons. The van der Waals surface area contributed by atoms with Crippen molar-refractivity contribution in [2.45, 2.75) is 0 Å². The summed E-state index contributed by atoms with van der Waals surface area (Å²) in [6.45, 7) is -0.393. The van der Waals surface area contributed by atoms with Gasteiger partial charge in [0.15, 0.2) is 0 Å². The first-order valence-electron chi connectivity index (χ1n) is 7.49. The predicted octanol–water partition coefficient (Wildman–Crippen LogP) is 3.06. The fourth-order valence-electron chi connectivity index (χ4n) is 2.12. The third-order valence-electron chi connectivity index (χ3n) is 3.25. The average Bonchev–Trinajstić information content (AvgIpc) is 2.63. The Kier molecular flexibility index (Phi) is 4.97. The minimum absolute atomic E-state index is 0.0151. The fraction of sp³-hybridized carbons (Fsp3) is 0.0588. The maximum Gasteiger partial charge on any atom is 0.322 e. The van der Waals surface area contributed by atoms with Crippen molar-refractivity contribution in [1.29, 1.82) is 0 Å². The van der Waals surface area contributed by atoms with Gasteiger partial charge in [-0.1, -0.05) is 6.07 Å². The van der Waals surface area contributed by atoms with Gasteiger partial charge in [-0.3, -0.25) is 9.78 Å². The smallest absolute Gasteiger partial charge is 0.322 e. The van der Waals surface area contributed by atoms with Crippen LogP contribution in [0.2, 0.25) is 0 Å². The number of carboxylic acids is 1. The van der Waals surface area contributed by atoms with E-state index in [1.54, 1.807) is 24.4 Å². The summed E-state index contributed by atoms with van der Waals surface area (Å²) in [6.07, 6.45) is 1.58. The van der Waals surface area contributed by atoms with Crippen molar-refractivity contribution in [1.82, 2.24) is 15.0 Å². The van der Waals surface area contributed by atoms with Crippen LogP contribution in [0.3, 0.4) is 0 Å². The Morgan fingerprint density at radius 3 is 2.62 bits per heavy atom. The van der Waals surface area contributed by atoms with Crippen molar-refractivity contribution in [2.24, 2.45) is 0 Å². The van der Waals surface area contributed by atoms with E-state index in [0.717, 1.165) is 12.1 Å². The Bertz CT molecular complexity index is 938. The highest BCUT2D eigenvalue weighted by atomic mass is 19.1. The van der Waals surface area contributed by atoms with Crippen LogP contribution >= 0.6 is 0 Å². The molecule has 0 amide bonds. The van der Waals surface area contributed by atoms with Gasteiger partial charge in [0.1, 0.15) is 24.0 Å². The summed E-state index contributed by atoms with van der Waals surface area (Å²) in [5, 5.41) is 14.1. The maximum atomic E-state index is 13.9. The van der Waals surface area contributed by atoms with E-state index in [0.29, 0.717) is 11.4 Å². The number of aromatic nitrogens is 3. The highest BCUT2D eigenvalue weighted by Gasteiger charge is 2.11. The molecule has 0 aliphatic rings. The van der Waals surface area contributed by atoms with Crippen LogP contribution in [0, 0.1) is 11.6 Å². The molecule has 3 N–H and O–H groups in total. The number of carboxylic acid groups (broad SMARTS) is 1. The lowest BCUT2D eigenvalue weighted by Crippen LogP contribution is -2.15. The summed E-state index contributed by atoms with van der Waals surface area (Å²) in [5.74, 6) is -2.35. The number of pyridine rings is 1. The van der Waals surface area contributed by atoms with Crippen molar-refractivity contribution in [3.8, 4) is 11.4 Å². The molecule has 7 nitrogen and oxygen atoms in total. The van der Waals surface area contributed by atoms with Crippen LogP contribution in [0.4, 0.5) is 26.2 Å². The van der Waals surface area contributed by atoms with Crippen LogP contribution < -0.4 is 10.6 Å². The van der Waals surface area contributed by atoms with E-state index in [9.17, 15) is 13.6 Å². The topological polar surface area (TPSA) is 100 Å². The molecule has 1 aromatic carbocycles. The second-order valence-corrected chi connectivity index (χ2v) is 5.17. The van der Waals surface area contributed by atoms with Crippen molar-refractivity contribution in [3.05, 3.63) is 60.3 Å². The monoisotopic (exact) mass is 357 g/mol. The van der Waals surface area contributed by atoms with E-state index in [4.69, 9.17) is 5.11 Å². The van der Waals surface area contributed by atoms with Crippen LogP contribution in [0.1, 0.15) is 0 Å². The van der Waals surface area contributed by atoms with E-state index in [-0.39, 0.29) is 17.5 Å². The first kappa shape index (κ1) is 17.2. The zero-order valence-electron chi connectivity index (χ0n) is 13.3. The van der Waals surface area contributed by atoms with Gasteiger partial charge in [0.25, 0.3) is 0 Å². The quantitative estimate of drug-likeness (QED) is 0.623. The third kappa shape index (κ3) is 4.26. The number of nitrogens with one attached hydrogen (secondary N) is 2. The molecule has 0 bridgehead atoms. The number of carbonyl (C=O) groups is 1. The third-order valence-corrected chi connectivity index (χ3v) is 3.25. The SMILES string of the molecule is O=C(O)CNc1nc(Nc2ccc(F)cc2F)cc(-c2ccccn2)n1. The van der Waals surface area contributed by atoms with E-state index >= 15 is 0 Å². The molecule has 2 aromatic heterocycles. The van der Waals surface area contributed by atoms with Gasteiger partial charge in [-0.05, 0) is 24.3 Å². The summed E-state index contributed by atoms with van der Waals surface area (Å²) >= 11 is 0. The van der Waals surface area contributed by atoms with E-state index in [1.807, 2.05) is 0 Å². The summed E-state index contributed by atoms with van der Waals surface area (Å²) < 4.78 is 26.9. The van der Waals surface area contributed by atoms with Crippen molar-refractivity contribution in [3.63, 3.8) is 0 Å². The molecule has 0 aliphatic heterocycles. The van der Waals surface area contributed by atoms with Gasteiger partial charge < -0.3 is 15.7 Å². The number of hydrogen-bond acceptors (Lipinski definition) is 6. The second kappa shape index (κ2) is 7.51. The molecule has 2 heterocycles. The van der Waals surface area contributed by atoms with Gasteiger partial charge in [0.05, 0.1) is 17.1 Å². The zero-order chi connectivity index (χ0) is 18.5. The minimum atomic E-state index is -1.09. The van der Waals surface area contributed by atoms with E-state index < -0.39 is 24.1 Å². The Balaban J connectivity index is 1.97. The van der Waals surface area contributed by atoms with E-state index in [1.165, 1.54) is 12.1 Å². The first-order chi connectivity index (χ1) is 12.5. The number of benzene rings is 1. The molecule has 0 fully saturated rings. The molecule has 3 rings (SSSR count). The van der Waals surface area contributed by atoms with Crippen molar-refractivity contribution in [2.75, 3.05) is 17.2 Å². The summed E-state index contributed by atoms with van der Waals surface area (Å²) in [4.78, 5) is 23.2. The van der Waals surface area contributed by atoms with Crippen molar-refractivity contribution >= 4 is 23.4 Å². The molecule has 9 heteroatoms. The maximum absolute atomic E-state index is 13.9. The molecular weight excluding hydrogens is 344 g/mol. The molecule has 0 spiro atoms. The van der Waals surface area contributed by atoms with E-state index in [2.05, 4.69) is 25.6 Å². The van der Waals surface area contributed by atoms with Gasteiger partial charge in [0, 0.05) is 18.3 Å². The molecule has 0 unspecified atom stereocenters. The molecule has 0 atom stereocenters. The standard InChI is InChI=1S/C17H13F2N5O2/c18-10-4-5-12(11(19)7-10)22-15-8-14(13-3-1-2-6-20-13)23-17(24-15)21-9-16(25)26/h1-8H,9H2,(H,25,26)(H2,21,22,23,24). The average molecular weight is 357 g/mol. The number of halogens is 2. The highest BCUT2D eigenvalue weighted by molar-refractivity contribution is 5.72. The first-order valence-corrected chi connectivity index (χ1v) is 7.49. The van der Waals surface area contributed by atoms with Gasteiger partial charge in [-0.25, -0.2) is 13.8 Å². The Morgan fingerprint density at radius 1 is 1.08 bits per heavy atom. The largest absolute Gasteiger partial charge is 0.480 e. The highest BCUT2D eigenvalue weighted by Crippen LogP contribution is 2.24. The summed E-state index contributed by atoms with van der Waals surface area (Å²) in [5.41, 5.74) is 0.940. The molecule has 26 heavy (non-hydrogen) atoms. The number of rotatable bonds is 6. The fourth-order valence-corrected chi connectivity index (χ4v) is 2.12. The van der Waals surface area contributed by atoms with Gasteiger partial charge in [-0.15, -0.1) is 0 Å². The normalized spacial score (nSPS) is 10.4. The van der Waals surface area contributed by atoms with Crippen LogP contribution in [0.15, 0.2) is 48.7 Å². The number of nitrogens with zero attached hydrogens (tertiary/aromatic N) is 3. The zero-order valence-corrected chi connectivity index (χ0v) is 13.3. The molecule has 0 saturated heterocycles. The number of aliphatic carboxylic acids is 1. The summed E-state index contributed by atoms with van der Waals surface area (Å²) in [7, 11) is 0. The van der Waals surface area contributed by atoms with Crippen LogP contribution in [-0.2, 0) is 4.79 Å². The minimum Gasteiger partial charge on any atom is -0.480 e. The molecule has 3 aromatic rings. The van der Waals surface area contributed by atoms with Crippen LogP contribution in [0.25, 0.3) is 11.4 Å². The van der Waals surface area contributed by atoms with Crippen LogP contribution in [-0.4, -0.2) is 32.6 Å². The number of hydrogen-bond donors (Lipinski definition) is 3. The predicted molar refractivity (Wildman–Crippen MR) is 91.0 cm³/mol. The second-order valence-electron chi connectivity index (χ2n) is 5.17. The molecular formula is C17H13F2N5O2. The van der Waals surface area contributed by atoms with Gasteiger partial charge >= 0.3 is 5.97 Å². The Morgan fingerprint density at radius 2 is 1.92 bits per heavy atom. The molecule has 0 saturated carbocycles. The number of anilines is 3. The summed E-state index contributed by atoms with van der Waals surface area (Å²) in [6, 6.07) is 9.83.